The molecule has 0 aliphatic carbocycles. The minimum absolute atomic E-state index is 0.0231. The fourth-order valence-electron chi connectivity index (χ4n) is 2.95. The second-order valence-electron chi connectivity index (χ2n) is 6.44. The van der Waals surface area contributed by atoms with Gasteiger partial charge in [0.2, 0.25) is 5.82 Å². The number of rotatable bonds is 4. The molecule has 31 heavy (non-hydrogen) atoms. The van der Waals surface area contributed by atoms with Crippen molar-refractivity contribution in [3.8, 4) is 11.6 Å². The molecule has 0 atom stereocenters. The van der Waals surface area contributed by atoms with Crippen LogP contribution in [0, 0.1) is 5.82 Å². The van der Waals surface area contributed by atoms with Crippen LogP contribution in [0.1, 0.15) is 16.7 Å². The summed E-state index contributed by atoms with van der Waals surface area (Å²) in [6, 6.07) is 5.44. The van der Waals surface area contributed by atoms with Crippen molar-refractivity contribution in [2.75, 3.05) is 5.32 Å². The molecule has 0 saturated carbocycles. The van der Waals surface area contributed by atoms with Gasteiger partial charge in [0.15, 0.2) is 5.76 Å². The molecule has 0 aliphatic rings. The molecule has 0 bridgehead atoms. The maximum atomic E-state index is 14.4. The van der Waals surface area contributed by atoms with E-state index in [0.29, 0.717) is 17.5 Å². The van der Waals surface area contributed by atoms with Crippen molar-refractivity contribution in [2.45, 2.75) is 18.9 Å². The van der Waals surface area contributed by atoms with Crippen LogP contribution >= 0.6 is 0 Å². The molecule has 2 heterocycles. The molecule has 162 valence electrons. The standard InChI is InChI=1S/C18H10F7N5O/c19-13-3-8-4-15(16-27-29-30-28-16)31-14(8)5-9(13)7-26-10-1-2-11(17(20,21)22)12(6-10)18(23,24)25/h1-6,26H,7H2,(H,27,28,29,30). The number of tetrazole rings is 1. The Morgan fingerprint density at radius 1 is 0.935 bits per heavy atom. The molecule has 13 heteroatoms. The smallest absolute Gasteiger partial charge is 0.417 e. The fraction of sp³-hybridized carbons (Fsp3) is 0.167. The second-order valence-corrected chi connectivity index (χ2v) is 6.44. The van der Waals surface area contributed by atoms with Gasteiger partial charge in [0.1, 0.15) is 11.4 Å². The predicted molar refractivity (Wildman–Crippen MR) is 93.1 cm³/mol. The summed E-state index contributed by atoms with van der Waals surface area (Å²) in [6.07, 6.45) is -10.4. The lowest BCUT2D eigenvalue weighted by molar-refractivity contribution is -0.162. The van der Waals surface area contributed by atoms with Gasteiger partial charge in [0, 0.05) is 23.2 Å². The molecule has 4 aromatic rings. The van der Waals surface area contributed by atoms with Gasteiger partial charge in [-0.3, -0.25) is 0 Å². The van der Waals surface area contributed by atoms with Crippen LogP contribution in [0.3, 0.4) is 0 Å². The Bertz CT molecular complexity index is 1230. The number of nitrogens with zero attached hydrogens (tertiary/aromatic N) is 3. The molecule has 0 saturated heterocycles. The first-order valence-corrected chi connectivity index (χ1v) is 8.50. The van der Waals surface area contributed by atoms with E-state index < -0.39 is 29.3 Å². The van der Waals surface area contributed by atoms with E-state index in [1.807, 2.05) is 0 Å². The van der Waals surface area contributed by atoms with E-state index >= 15 is 0 Å². The highest BCUT2D eigenvalue weighted by Crippen LogP contribution is 2.41. The van der Waals surface area contributed by atoms with Crippen LogP contribution in [-0.4, -0.2) is 20.6 Å². The van der Waals surface area contributed by atoms with Crippen LogP contribution in [-0.2, 0) is 18.9 Å². The van der Waals surface area contributed by atoms with Crippen LogP contribution in [0.5, 0.6) is 0 Å². The summed E-state index contributed by atoms with van der Waals surface area (Å²) in [7, 11) is 0. The first-order chi connectivity index (χ1) is 14.5. The highest BCUT2D eigenvalue weighted by Gasteiger charge is 2.43. The summed E-state index contributed by atoms with van der Waals surface area (Å²) >= 11 is 0. The molecule has 0 fully saturated rings. The topological polar surface area (TPSA) is 79.6 Å². The summed E-state index contributed by atoms with van der Waals surface area (Å²) in [4.78, 5) is 0. The number of fused-ring (bicyclic) bond motifs is 1. The van der Waals surface area contributed by atoms with Crippen molar-refractivity contribution in [1.82, 2.24) is 20.6 Å². The van der Waals surface area contributed by atoms with Gasteiger partial charge in [-0.15, -0.1) is 10.2 Å². The maximum absolute atomic E-state index is 14.4. The molecule has 2 aromatic carbocycles. The zero-order chi connectivity index (χ0) is 22.4. The van der Waals surface area contributed by atoms with Crippen LogP contribution in [0.2, 0.25) is 0 Å². The van der Waals surface area contributed by atoms with E-state index in [1.54, 1.807) is 0 Å². The number of aromatic nitrogens is 4. The normalized spacial score (nSPS) is 12.5. The average Bonchev–Trinajstić information content (AvgIpc) is 3.33. The number of anilines is 1. The summed E-state index contributed by atoms with van der Waals surface area (Å²) in [6.45, 7) is -0.303. The number of benzene rings is 2. The van der Waals surface area contributed by atoms with E-state index in [4.69, 9.17) is 4.42 Å². The quantitative estimate of drug-likeness (QED) is 0.411. The summed E-state index contributed by atoms with van der Waals surface area (Å²) in [5, 5.41) is 16.0. The van der Waals surface area contributed by atoms with Crippen molar-refractivity contribution < 1.29 is 35.2 Å². The lowest BCUT2D eigenvalue weighted by Gasteiger charge is -2.17. The molecular weight excluding hydrogens is 435 g/mol. The first kappa shape index (κ1) is 20.6. The SMILES string of the molecule is Fc1cc2cc(-c3nn[nH]n3)oc2cc1CNc1ccc(C(F)(F)F)c(C(F)(F)F)c1. The Balaban J connectivity index is 1.61. The molecule has 0 amide bonds. The third kappa shape index (κ3) is 4.15. The highest BCUT2D eigenvalue weighted by molar-refractivity contribution is 5.82. The van der Waals surface area contributed by atoms with E-state index in [1.165, 1.54) is 12.1 Å². The summed E-state index contributed by atoms with van der Waals surface area (Å²) in [5.41, 5.74) is -3.62. The van der Waals surface area contributed by atoms with Gasteiger partial charge in [0.05, 0.1) is 11.1 Å². The molecule has 2 aromatic heterocycles. The second kappa shape index (κ2) is 7.25. The number of furan rings is 1. The predicted octanol–water partition coefficient (Wildman–Crippen LogP) is 5.40. The summed E-state index contributed by atoms with van der Waals surface area (Å²) < 4.78 is 97.7. The minimum Gasteiger partial charge on any atom is -0.453 e. The molecule has 0 spiro atoms. The van der Waals surface area contributed by atoms with Crippen LogP contribution in [0.15, 0.2) is 40.8 Å². The molecule has 2 N–H and O–H groups in total. The third-order valence-corrected chi connectivity index (χ3v) is 4.36. The number of hydrogen-bond donors (Lipinski definition) is 2. The number of alkyl halides is 6. The number of hydrogen-bond acceptors (Lipinski definition) is 5. The zero-order valence-corrected chi connectivity index (χ0v) is 15.1. The van der Waals surface area contributed by atoms with Gasteiger partial charge in [-0.05, 0) is 41.6 Å². The zero-order valence-electron chi connectivity index (χ0n) is 15.1. The third-order valence-electron chi connectivity index (χ3n) is 4.36. The molecule has 0 aliphatic heterocycles. The number of aromatic amines is 1. The Morgan fingerprint density at radius 2 is 1.68 bits per heavy atom. The van der Waals surface area contributed by atoms with Gasteiger partial charge < -0.3 is 9.73 Å². The van der Waals surface area contributed by atoms with Crippen LogP contribution in [0.25, 0.3) is 22.6 Å². The number of halogens is 7. The number of H-pyrrole nitrogens is 1. The Labute approximate surface area is 168 Å². The molecule has 6 nitrogen and oxygen atoms in total. The van der Waals surface area contributed by atoms with Gasteiger partial charge >= 0.3 is 12.4 Å². The minimum atomic E-state index is -5.22. The lowest BCUT2D eigenvalue weighted by atomic mass is 10.1. The molecule has 4 rings (SSSR count). The van der Waals surface area contributed by atoms with Crippen molar-refractivity contribution in [2.24, 2.45) is 0 Å². The van der Waals surface area contributed by atoms with E-state index in [2.05, 4.69) is 25.9 Å². The molecule has 0 unspecified atom stereocenters. The van der Waals surface area contributed by atoms with E-state index in [0.717, 1.165) is 12.1 Å². The van der Waals surface area contributed by atoms with Crippen molar-refractivity contribution in [3.63, 3.8) is 0 Å². The maximum Gasteiger partial charge on any atom is 0.417 e. The molecule has 0 radical (unpaired) electrons. The molecular formula is C18H10F7N5O. The van der Waals surface area contributed by atoms with Gasteiger partial charge in [-0.25, -0.2) is 4.39 Å². The Kier molecular flexibility index (Phi) is 4.82. The Morgan fingerprint density at radius 3 is 2.32 bits per heavy atom. The van der Waals surface area contributed by atoms with Crippen LogP contribution in [0.4, 0.5) is 36.4 Å². The lowest BCUT2D eigenvalue weighted by Crippen LogP contribution is -2.17. The Hall–Kier alpha value is -3.64. The summed E-state index contributed by atoms with van der Waals surface area (Å²) in [5.74, 6) is -0.338. The van der Waals surface area contributed by atoms with Crippen molar-refractivity contribution in [3.05, 3.63) is 58.9 Å². The largest absolute Gasteiger partial charge is 0.453 e. The van der Waals surface area contributed by atoms with Gasteiger partial charge in [-0.1, -0.05) is 0 Å². The first-order valence-electron chi connectivity index (χ1n) is 8.50. The van der Waals surface area contributed by atoms with Crippen molar-refractivity contribution in [1.29, 1.82) is 0 Å². The monoisotopic (exact) mass is 445 g/mol. The fourth-order valence-corrected chi connectivity index (χ4v) is 2.95. The van der Waals surface area contributed by atoms with E-state index in [9.17, 15) is 30.7 Å². The van der Waals surface area contributed by atoms with Gasteiger partial charge in [0.25, 0.3) is 0 Å². The number of nitrogens with one attached hydrogen (secondary N) is 2. The van der Waals surface area contributed by atoms with Crippen LogP contribution < -0.4 is 5.32 Å². The van der Waals surface area contributed by atoms with Crippen molar-refractivity contribution >= 4 is 16.7 Å². The van der Waals surface area contributed by atoms with Gasteiger partial charge in [-0.2, -0.15) is 31.6 Å². The highest BCUT2D eigenvalue weighted by atomic mass is 19.4. The average molecular weight is 445 g/mol. The van der Waals surface area contributed by atoms with E-state index in [-0.39, 0.29) is 35.0 Å².